The maximum absolute atomic E-state index is 2.74. The van der Waals surface area contributed by atoms with E-state index in [4.69, 9.17) is 0 Å². The molecule has 0 aliphatic carbocycles. The predicted molar refractivity (Wildman–Crippen MR) is 94.0 cm³/mol. The van der Waals surface area contributed by atoms with Crippen LogP contribution in [0.5, 0.6) is 0 Å². The molecule has 0 radical (unpaired) electrons. The normalized spacial score (nSPS) is 19.2. The summed E-state index contributed by atoms with van der Waals surface area (Å²) in [5.74, 6) is 0. The van der Waals surface area contributed by atoms with Crippen LogP contribution in [0.4, 0.5) is 0 Å². The fourth-order valence-corrected chi connectivity index (χ4v) is 3.45. The molecule has 1 nitrogen and oxygen atoms in total. The van der Waals surface area contributed by atoms with Gasteiger partial charge >= 0.3 is 0 Å². The van der Waals surface area contributed by atoms with Gasteiger partial charge in [-0.25, -0.2) is 0 Å². The van der Waals surface area contributed by atoms with Crippen LogP contribution >= 0.6 is 12.4 Å². The zero-order chi connectivity index (χ0) is 13.8. The number of hydrogen-bond acceptors (Lipinski definition) is 1. The molecule has 0 amide bonds. The van der Waals surface area contributed by atoms with Crippen molar-refractivity contribution in [3.63, 3.8) is 0 Å². The Labute approximate surface area is 134 Å². The first kappa shape index (κ1) is 20.2. The summed E-state index contributed by atoms with van der Waals surface area (Å²) < 4.78 is 0. The van der Waals surface area contributed by atoms with E-state index in [1.54, 1.807) is 0 Å². The van der Waals surface area contributed by atoms with Crippen LogP contribution in [0.3, 0.4) is 0 Å². The van der Waals surface area contributed by atoms with E-state index in [1.807, 2.05) is 0 Å². The molecule has 0 saturated carbocycles. The molecule has 0 bridgehead atoms. The smallest absolute Gasteiger partial charge is 0.00931 e. The SMILES string of the molecule is CCCCCCCCCCCCN1CCCC1CC.Cl. The van der Waals surface area contributed by atoms with Crippen molar-refractivity contribution in [3.8, 4) is 0 Å². The van der Waals surface area contributed by atoms with E-state index >= 15 is 0 Å². The van der Waals surface area contributed by atoms with Gasteiger partial charge in [0.1, 0.15) is 0 Å². The molecule has 20 heavy (non-hydrogen) atoms. The standard InChI is InChI=1S/C18H37N.ClH/c1-3-5-6-7-8-9-10-11-12-13-16-19-17-14-15-18(19)4-2;/h18H,3-17H2,1-2H3;1H. The summed E-state index contributed by atoms with van der Waals surface area (Å²) in [5, 5.41) is 0. The molecule has 1 aliphatic heterocycles. The van der Waals surface area contributed by atoms with Crippen LogP contribution in [-0.2, 0) is 0 Å². The lowest BCUT2D eigenvalue weighted by Gasteiger charge is -2.22. The molecular formula is C18H38ClN. The summed E-state index contributed by atoms with van der Waals surface area (Å²) in [7, 11) is 0. The Hall–Kier alpha value is 0.250. The summed E-state index contributed by atoms with van der Waals surface area (Å²) in [5.41, 5.74) is 0. The second-order valence-electron chi connectivity index (χ2n) is 6.42. The Morgan fingerprint density at radius 1 is 0.800 bits per heavy atom. The molecule has 1 aliphatic rings. The Morgan fingerprint density at radius 3 is 1.90 bits per heavy atom. The topological polar surface area (TPSA) is 3.24 Å². The molecule has 0 aromatic rings. The quantitative estimate of drug-likeness (QED) is 0.388. The van der Waals surface area contributed by atoms with Gasteiger partial charge in [0.05, 0.1) is 0 Å². The Morgan fingerprint density at radius 2 is 1.35 bits per heavy atom. The van der Waals surface area contributed by atoms with Gasteiger partial charge in [-0.3, -0.25) is 0 Å². The highest BCUT2D eigenvalue weighted by Gasteiger charge is 2.21. The number of hydrogen-bond donors (Lipinski definition) is 0. The molecule has 0 aromatic heterocycles. The maximum atomic E-state index is 2.74. The second kappa shape index (κ2) is 14.2. The van der Waals surface area contributed by atoms with Crippen molar-refractivity contribution in [3.05, 3.63) is 0 Å². The van der Waals surface area contributed by atoms with Gasteiger partial charge in [0, 0.05) is 6.04 Å². The van der Waals surface area contributed by atoms with E-state index in [0.717, 1.165) is 6.04 Å². The Balaban J connectivity index is 0.00000361. The van der Waals surface area contributed by atoms with Crippen LogP contribution in [-0.4, -0.2) is 24.0 Å². The molecule has 1 unspecified atom stereocenters. The van der Waals surface area contributed by atoms with Gasteiger partial charge in [0.15, 0.2) is 0 Å². The first-order valence-corrected chi connectivity index (χ1v) is 9.12. The van der Waals surface area contributed by atoms with Crippen LogP contribution in [0, 0.1) is 0 Å². The highest BCUT2D eigenvalue weighted by atomic mass is 35.5. The second-order valence-corrected chi connectivity index (χ2v) is 6.42. The molecule has 0 N–H and O–H groups in total. The van der Waals surface area contributed by atoms with Crippen LogP contribution < -0.4 is 0 Å². The van der Waals surface area contributed by atoms with Crippen LogP contribution in [0.2, 0.25) is 0 Å². The van der Waals surface area contributed by atoms with E-state index < -0.39 is 0 Å². The Kier molecular flexibility index (Phi) is 14.4. The summed E-state index contributed by atoms with van der Waals surface area (Å²) in [6, 6.07) is 0.915. The van der Waals surface area contributed by atoms with Crippen molar-refractivity contribution in [2.75, 3.05) is 13.1 Å². The fourth-order valence-electron chi connectivity index (χ4n) is 3.45. The van der Waals surface area contributed by atoms with Crippen molar-refractivity contribution in [1.82, 2.24) is 4.90 Å². The average Bonchev–Trinajstić information content (AvgIpc) is 2.88. The number of rotatable bonds is 12. The third-order valence-electron chi connectivity index (χ3n) is 4.77. The molecule has 122 valence electrons. The summed E-state index contributed by atoms with van der Waals surface area (Å²) in [4.78, 5) is 2.74. The van der Waals surface area contributed by atoms with E-state index in [2.05, 4.69) is 18.7 Å². The average molecular weight is 304 g/mol. The first-order chi connectivity index (χ1) is 9.38. The van der Waals surface area contributed by atoms with E-state index in [9.17, 15) is 0 Å². The summed E-state index contributed by atoms with van der Waals surface area (Å²) >= 11 is 0. The molecule has 2 heteroatoms. The lowest BCUT2D eigenvalue weighted by molar-refractivity contribution is 0.242. The number of likely N-dealkylation sites (tertiary alicyclic amines) is 1. The molecule has 1 saturated heterocycles. The maximum Gasteiger partial charge on any atom is 0.00931 e. The zero-order valence-corrected chi connectivity index (χ0v) is 14.9. The van der Waals surface area contributed by atoms with Crippen molar-refractivity contribution in [2.24, 2.45) is 0 Å². The van der Waals surface area contributed by atoms with Crippen molar-refractivity contribution in [1.29, 1.82) is 0 Å². The molecule has 0 aromatic carbocycles. The van der Waals surface area contributed by atoms with Gasteiger partial charge in [-0.1, -0.05) is 71.6 Å². The van der Waals surface area contributed by atoms with Gasteiger partial charge in [0.2, 0.25) is 0 Å². The summed E-state index contributed by atoms with van der Waals surface area (Å²) in [6.45, 7) is 7.38. The molecule has 1 fully saturated rings. The first-order valence-electron chi connectivity index (χ1n) is 9.12. The minimum absolute atomic E-state index is 0. The van der Waals surface area contributed by atoms with E-state index in [-0.39, 0.29) is 12.4 Å². The minimum Gasteiger partial charge on any atom is -0.300 e. The Bertz CT molecular complexity index is 196. The predicted octanol–water partition coefficient (Wildman–Crippen LogP) is 6.20. The van der Waals surface area contributed by atoms with Crippen molar-refractivity contribution in [2.45, 2.75) is 103 Å². The van der Waals surface area contributed by atoms with Gasteiger partial charge in [-0.05, 0) is 38.8 Å². The number of unbranched alkanes of at least 4 members (excludes halogenated alkanes) is 9. The zero-order valence-electron chi connectivity index (χ0n) is 14.0. The molecule has 1 heterocycles. The van der Waals surface area contributed by atoms with E-state index in [1.165, 1.54) is 96.6 Å². The third-order valence-corrected chi connectivity index (χ3v) is 4.77. The number of nitrogens with zero attached hydrogens (tertiary/aromatic N) is 1. The van der Waals surface area contributed by atoms with Gasteiger partial charge in [-0.15, -0.1) is 12.4 Å². The lowest BCUT2D eigenvalue weighted by atomic mass is 10.1. The van der Waals surface area contributed by atoms with E-state index in [0.29, 0.717) is 0 Å². The molecule has 0 spiro atoms. The molecule has 1 rings (SSSR count). The highest BCUT2D eigenvalue weighted by Crippen LogP contribution is 2.20. The molecular weight excluding hydrogens is 266 g/mol. The summed E-state index contributed by atoms with van der Waals surface area (Å²) in [6.07, 6.45) is 18.8. The van der Waals surface area contributed by atoms with Gasteiger partial charge < -0.3 is 4.90 Å². The number of halogens is 1. The van der Waals surface area contributed by atoms with Crippen LogP contribution in [0.15, 0.2) is 0 Å². The lowest BCUT2D eigenvalue weighted by Crippen LogP contribution is -2.29. The van der Waals surface area contributed by atoms with Crippen LogP contribution in [0.25, 0.3) is 0 Å². The van der Waals surface area contributed by atoms with Crippen molar-refractivity contribution >= 4 is 12.4 Å². The van der Waals surface area contributed by atoms with Crippen molar-refractivity contribution < 1.29 is 0 Å². The molecule has 1 atom stereocenters. The van der Waals surface area contributed by atoms with Gasteiger partial charge in [0.25, 0.3) is 0 Å². The highest BCUT2D eigenvalue weighted by molar-refractivity contribution is 5.85. The monoisotopic (exact) mass is 303 g/mol. The van der Waals surface area contributed by atoms with Gasteiger partial charge in [-0.2, -0.15) is 0 Å². The largest absolute Gasteiger partial charge is 0.300 e. The minimum atomic E-state index is 0. The third kappa shape index (κ3) is 9.23. The fraction of sp³-hybridized carbons (Fsp3) is 1.00. The van der Waals surface area contributed by atoms with Crippen LogP contribution in [0.1, 0.15) is 97.3 Å².